The van der Waals surface area contributed by atoms with Crippen LogP contribution in [-0.2, 0) is 0 Å². The molecule has 4 heteroatoms. The normalized spacial score (nSPS) is 29.0. The van der Waals surface area contributed by atoms with E-state index in [1.54, 1.807) is 7.11 Å². The molecule has 0 spiro atoms. The molecule has 2 heterocycles. The number of hydrogen-bond donors (Lipinski definition) is 2. The lowest BCUT2D eigenvalue weighted by molar-refractivity contribution is 0.156. The topological polar surface area (TPSA) is 36.5 Å². The highest BCUT2D eigenvalue weighted by molar-refractivity contribution is 5.30. The fraction of sp³-hybridized carbons (Fsp3) is 0.538. The smallest absolute Gasteiger partial charge is 0.118 e. The molecule has 2 saturated heterocycles. The summed E-state index contributed by atoms with van der Waals surface area (Å²) < 4.78 is 5.20. The van der Waals surface area contributed by atoms with Gasteiger partial charge in [0.05, 0.1) is 13.3 Å². The SMILES string of the molecule is COc1ccc(C2CNC3CNCCN32)cc1. The second kappa shape index (κ2) is 4.64. The van der Waals surface area contributed by atoms with E-state index in [2.05, 4.69) is 27.7 Å². The maximum atomic E-state index is 5.20. The maximum absolute atomic E-state index is 5.20. The van der Waals surface area contributed by atoms with Gasteiger partial charge in [-0.05, 0) is 17.7 Å². The van der Waals surface area contributed by atoms with Gasteiger partial charge in [0.2, 0.25) is 0 Å². The fourth-order valence-corrected chi connectivity index (χ4v) is 2.78. The molecule has 2 atom stereocenters. The molecule has 0 aromatic heterocycles. The first-order valence-electron chi connectivity index (χ1n) is 6.22. The summed E-state index contributed by atoms with van der Waals surface area (Å²) in [5, 5.41) is 6.99. The highest BCUT2D eigenvalue weighted by atomic mass is 16.5. The van der Waals surface area contributed by atoms with Gasteiger partial charge in [-0.15, -0.1) is 0 Å². The van der Waals surface area contributed by atoms with Crippen molar-refractivity contribution in [3.63, 3.8) is 0 Å². The third-order valence-electron chi connectivity index (χ3n) is 3.73. The van der Waals surface area contributed by atoms with Gasteiger partial charge in [0.25, 0.3) is 0 Å². The van der Waals surface area contributed by atoms with E-state index in [1.807, 2.05) is 12.1 Å². The number of piperazine rings is 1. The molecular weight excluding hydrogens is 214 g/mol. The Kier molecular flexibility index (Phi) is 3.01. The Bertz CT molecular complexity index is 379. The van der Waals surface area contributed by atoms with Crippen LogP contribution >= 0.6 is 0 Å². The quantitative estimate of drug-likeness (QED) is 0.783. The van der Waals surface area contributed by atoms with E-state index in [0.29, 0.717) is 12.2 Å². The molecule has 1 aromatic rings. The molecule has 2 aliphatic heterocycles. The van der Waals surface area contributed by atoms with Crippen molar-refractivity contribution in [2.45, 2.75) is 12.2 Å². The van der Waals surface area contributed by atoms with Crippen LogP contribution in [0.15, 0.2) is 24.3 Å². The van der Waals surface area contributed by atoms with Crippen molar-refractivity contribution in [3.8, 4) is 5.75 Å². The molecule has 0 radical (unpaired) electrons. The van der Waals surface area contributed by atoms with E-state index in [-0.39, 0.29) is 0 Å². The van der Waals surface area contributed by atoms with Crippen molar-refractivity contribution in [2.75, 3.05) is 33.3 Å². The van der Waals surface area contributed by atoms with Crippen LogP contribution in [0.3, 0.4) is 0 Å². The summed E-state index contributed by atoms with van der Waals surface area (Å²) in [4.78, 5) is 2.55. The average molecular weight is 233 g/mol. The monoisotopic (exact) mass is 233 g/mol. The number of ether oxygens (including phenoxy) is 1. The molecule has 4 nitrogen and oxygen atoms in total. The minimum Gasteiger partial charge on any atom is -0.497 e. The lowest BCUT2D eigenvalue weighted by Gasteiger charge is -2.33. The van der Waals surface area contributed by atoms with Crippen LogP contribution in [0.2, 0.25) is 0 Å². The molecule has 1 aromatic carbocycles. The van der Waals surface area contributed by atoms with Gasteiger partial charge >= 0.3 is 0 Å². The van der Waals surface area contributed by atoms with Crippen LogP contribution in [0.25, 0.3) is 0 Å². The standard InChI is InChI=1S/C13H19N3O/c1-17-11-4-2-10(3-5-11)12-8-15-13-9-14-6-7-16(12)13/h2-5,12-15H,6-9H2,1H3. The molecule has 2 fully saturated rings. The maximum Gasteiger partial charge on any atom is 0.118 e. The van der Waals surface area contributed by atoms with Crippen LogP contribution in [-0.4, -0.2) is 44.4 Å². The first kappa shape index (κ1) is 11.0. The predicted molar refractivity (Wildman–Crippen MR) is 67.1 cm³/mol. The van der Waals surface area contributed by atoms with Crippen LogP contribution in [0.4, 0.5) is 0 Å². The van der Waals surface area contributed by atoms with Crippen LogP contribution < -0.4 is 15.4 Å². The Morgan fingerprint density at radius 2 is 2.06 bits per heavy atom. The molecule has 2 unspecified atom stereocenters. The van der Waals surface area contributed by atoms with Gasteiger partial charge in [-0.25, -0.2) is 0 Å². The Hall–Kier alpha value is -1.10. The van der Waals surface area contributed by atoms with Gasteiger partial charge in [0.1, 0.15) is 5.75 Å². The average Bonchev–Trinajstić information content (AvgIpc) is 2.83. The first-order chi connectivity index (χ1) is 8.38. The fourth-order valence-electron chi connectivity index (χ4n) is 2.78. The Morgan fingerprint density at radius 3 is 2.82 bits per heavy atom. The van der Waals surface area contributed by atoms with E-state index < -0.39 is 0 Å². The van der Waals surface area contributed by atoms with Gasteiger partial charge in [-0.1, -0.05) is 12.1 Å². The van der Waals surface area contributed by atoms with Gasteiger partial charge in [-0.2, -0.15) is 0 Å². The van der Waals surface area contributed by atoms with Crippen LogP contribution in [0.5, 0.6) is 5.75 Å². The summed E-state index contributed by atoms with van der Waals surface area (Å²) in [5.41, 5.74) is 1.38. The summed E-state index contributed by atoms with van der Waals surface area (Å²) in [5.74, 6) is 0.927. The van der Waals surface area contributed by atoms with Crippen molar-refractivity contribution < 1.29 is 4.74 Å². The van der Waals surface area contributed by atoms with E-state index in [0.717, 1.165) is 31.9 Å². The second-order valence-corrected chi connectivity index (χ2v) is 4.65. The van der Waals surface area contributed by atoms with E-state index in [1.165, 1.54) is 5.56 Å². The Morgan fingerprint density at radius 1 is 1.24 bits per heavy atom. The predicted octanol–water partition coefficient (Wildman–Crippen LogP) is 0.571. The summed E-state index contributed by atoms with van der Waals surface area (Å²) in [6.07, 6.45) is 0.496. The number of fused-ring (bicyclic) bond motifs is 1. The van der Waals surface area contributed by atoms with Crippen molar-refractivity contribution >= 4 is 0 Å². The summed E-state index contributed by atoms with van der Waals surface area (Å²) in [6.45, 7) is 4.30. The zero-order valence-electron chi connectivity index (χ0n) is 10.1. The number of benzene rings is 1. The second-order valence-electron chi connectivity index (χ2n) is 4.65. The number of nitrogens with one attached hydrogen (secondary N) is 2. The first-order valence-corrected chi connectivity index (χ1v) is 6.22. The Labute approximate surface area is 102 Å². The molecule has 0 bridgehead atoms. The Balaban J connectivity index is 1.78. The molecule has 2 N–H and O–H groups in total. The van der Waals surface area contributed by atoms with Crippen molar-refractivity contribution in [2.24, 2.45) is 0 Å². The molecule has 3 rings (SSSR count). The van der Waals surface area contributed by atoms with E-state index >= 15 is 0 Å². The zero-order chi connectivity index (χ0) is 11.7. The minimum absolute atomic E-state index is 0.496. The lowest BCUT2D eigenvalue weighted by Crippen LogP contribution is -2.52. The van der Waals surface area contributed by atoms with Gasteiger partial charge < -0.3 is 10.1 Å². The number of rotatable bonds is 2. The van der Waals surface area contributed by atoms with Gasteiger partial charge in [0.15, 0.2) is 0 Å². The summed E-state index contributed by atoms with van der Waals surface area (Å²) in [7, 11) is 1.71. The minimum atomic E-state index is 0.496. The lowest BCUT2D eigenvalue weighted by atomic mass is 10.1. The molecule has 0 aliphatic carbocycles. The molecule has 0 amide bonds. The van der Waals surface area contributed by atoms with Crippen molar-refractivity contribution in [1.82, 2.24) is 15.5 Å². The highest BCUT2D eigenvalue weighted by Crippen LogP contribution is 2.28. The van der Waals surface area contributed by atoms with Crippen molar-refractivity contribution in [1.29, 1.82) is 0 Å². The summed E-state index contributed by atoms with van der Waals surface area (Å²) >= 11 is 0. The highest BCUT2D eigenvalue weighted by Gasteiger charge is 2.35. The van der Waals surface area contributed by atoms with Crippen molar-refractivity contribution in [3.05, 3.63) is 29.8 Å². The zero-order valence-corrected chi connectivity index (χ0v) is 10.1. The van der Waals surface area contributed by atoms with Crippen LogP contribution in [0.1, 0.15) is 11.6 Å². The van der Waals surface area contributed by atoms with Gasteiger partial charge in [-0.3, -0.25) is 10.2 Å². The van der Waals surface area contributed by atoms with E-state index in [4.69, 9.17) is 4.74 Å². The third-order valence-corrected chi connectivity index (χ3v) is 3.73. The summed E-state index contributed by atoms with van der Waals surface area (Å²) in [6, 6.07) is 8.95. The number of nitrogens with zero attached hydrogens (tertiary/aromatic N) is 1. The van der Waals surface area contributed by atoms with Crippen LogP contribution in [0, 0.1) is 0 Å². The largest absolute Gasteiger partial charge is 0.497 e. The molecule has 2 aliphatic rings. The number of hydrogen-bond acceptors (Lipinski definition) is 4. The molecular formula is C13H19N3O. The molecule has 0 saturated carbocycles. The third kappa shape index (κ3) is 2.04. The van der Waals surface area contributed by atoms with E-state index in [9.17, 15) is 0 Å². The van der Waals surface area contributed by atoms with Gasteiger partial charge in [0, 0.05) is 32.2 Å². The number of methoxy groups -OCH3 is 1. The molecule has 17 heavy (non-hydrogen) atoms. The molecule has 92 valence electrons.